The van der Waals surface area contributed by atoms with Crippen LogP contribution in [0.2, 0.25) is 0 Å². The van der Waals surface area contributed by atoms with Crippen LogP contribution >= 0.6 is 0 Å². The average Bonchev–Trinajstić information content (AvgIpc) is 2.27. The number of ether oxygens (including phenoxy) is 1. The number of benzene rings is 1. The van der Waals surface area contributed by atoms with Crippen molar-refractivity contribution in [3.63, 3.8) is 0 Å². The normalized spacial score (nSPS) is 9.88. The minimum Gasteiger partial charge on any atom is -0.466 e. The Hall–Kier alpha value is -1.71. The van der Waals surface area contributed by atoms with Crippen molar-refractivity contribution >= 4 is 11.8 Å². The highest BCUT2D eigenvalue weighted by Gasteiger charge is 2.12. The number of Topliss-reactive ketones (excluding diaryl/α,β-unsaturated/α-hetero) is 1. The van der Waals surface area contributed by atoms with Gasteiger partial charge in [-0.2, -0.15) is 0 Å². The van der Waals surface area contributed by atoms with Crippen molar-refractivity contribution < 1.29 is 18.7 Å². The van der Waals surface area contributed by atoms with Crippen molar-refractivity contribution in [1.82, 2.24) is 0 Å². The first-order valence-electron chi connectivity index (χ1n) is 5.08. The van der Waals surface area contributed by atoms with E-state index in [0.29, 0.717) is 0 Å². The van der Waals surface area contributed by atoms with Gasteiger partial charge in [-0.1, -0.05) is 12.1 Å². The molecule has 0 radical (unpaired) electrons. The Balaban J connectivity index is 2.54. The van der Waals surface area contributed by atoms with Crippen LogP contribution in [0, 0.1) is 5.82 Å². The minimum absolute atomic E-state index is 0.0129. The van der Waals surface area contributed by atoms with Gasteiger partial charge in [0.15, 0.2) is 5.78 Å². The number of esters is 1. The van der Waals surface area contributed by atoms with Gasteiger partial charge in [0.05, 0.1) is 18.6 Å². The molecule has 0 N–H and O–H groups in total. The van der Waals surface area contributed by atoms with Crippen LogP contribution in [0.1, 0.15) is 30.1 Å². The van der Waals surface area contributed by atoms with E-state index < -0.39 is 11.8 Å². The predicted octanol–water partition coefficient (Wildman–Crippen LogP) is 2.35. The molecule has 0 heterocycles. The lowest BCUT2D eigenvalue weighted by Gasteiger charge is -2.02. The molecule has 0 saturated heterocycles. The van der Waals surface area contributed by atoms with E-state index in [1.165, 1.54) is 18.2 Å². The molecule has 0 unspecified atom stereocenters. The molecule has 1 rings (SSSR count). The second kappa shape index (κ2) is 6.00. The molecule has 0 fully saturated rings. The molecule has 0 aliphatic heterocycles. The van der Waals surface area contributed by atoms with Gasteiger partial charge in [-0.25, -0.2) is 4.39 Å². The standard InChI is InChI=1S/C12H13FO3/c1-2-16-12(15)8-7-11(14)9-5-3-4-6-10(9)13/h3-6H,2,7-8H2,1H3. The van der Waals surface area contributed by atoms with Gasteiger partial charge in [0.1, 0.15) is 5.82 Å². The van der Waals surface area contributed by atoms with Crippen LogP contribution in [0.25, 0.3) is 0 Å². The van der Waals surface area contributed by atoms with E-state index in [2.05, 4.69) is 4.74 Å². The second-order valence-corrected chi connectivity index (χ2v) is 3.21. The van der Waals surface area contributed by atoms with Crippen LogP contribution in [0.5, 0.6) is 0 Å². The summed E-state index contributed by atoms with van der Waals surface area (Å²) in [6, 6.07) is 5.72. The molecular formula is C12H13FO3. The smallest absolute Gasteiger partial charge is 0.306 e. The van der Waals surface area contributed by atoms with Crippen LogP contribution in [0.4, 0.5) is 4.39 Å². The van der Waals surface area contributed by atoms with Gasteiger partial charge in [0.2, 0.25) is 0 Å². The minimum atomic E-state index is -0.559. The summed E-state index contributed by atoms with van der Waals surface area (Å²) in [6.45, 7) is 1.98. The number of halogens is 1. The quantitative estimate of drug-likeness (QED) is 0.569. The molecule has 0 aliphatic rings. The Labute approximate surface area is 93.2 Å². The Kier molecular flexibility index (Phi) is 4.64. The van der Waals surface area contributed by atoms with E-state index in [1.807, 2.05) is 0 Å². The number of hydrogen-bond donors (Lipinski definition) is 0. The van der Waals surface area contributed by atoms with Crippen molar-refractivity contribution in [3.8, 4) is 0 Å². The molecule has 86 valence electrons. The lowest BCUT2D eigenvalue weighted by Crippen LogP contribution is -2.09. The maximum Gasteiger partial charge on any atom is 0.306 e. The lowest BCUT2D eigenvalue weighted by atomic mass is 10.1. The third-order valence-electron chi connectivity index (χ3n) is 2.04. The molecule has 0 saturated carbocycles. The van der Waals surface area contributed by atoms with E-state index in [0.717, 1.165) is 0 Å². The summed E-state index contributed by atoms with van der Waals surface area (Å²) < 4.78 is 17.8. The first-order valence-corrected chi connectivity index (χ1v) is 5.08. The van der Waals surface area contributed by atoms with Crippen molar-refractivity contribution in [3.05, 3.63) is 35.6 Å². The number of carbonyl (C=O) groups excluding carboxylic acids is 2. The highest BCUT2D eigenvalue weighted by atomic mass is 19.1. The third-order valence-corrected chi connectivity index (χ3v) is 2.04. The first-order chi connectivity index (χ1) is 7.65. The van der Waals surface area contributed by atoms with Gasteiger partial charge in [-0.05, 0) is 19.1 Å². The summed E-state index contributed by atoms with van der Waals surface area (Å²) in [7, 11) is 0. The van der Waals surface area contributed by atoms with Gasteiger partial charge in [-0.3, -0.25) is 9.59 Å². The molecule has 0 bridgehead atoms. The maximum absolute atomic E-state index is 13.2. The van der Waals surface area contributed by atoms with E-state index in [-0.39, 0.29) is 30.8 Å². The number of hydrogen-bond acceptors (Lipinski definition) is 3. The molecule has 0 spiro atoms. The lowest BCUT2D eigenvalue weighted by molar-refractivity contribution is -0.143. The van der Waals surface area contributed by atoms with Crippen LogP contribution < -0.4 is 0 Å². The van der Waals surface area contributed by atoms with Gasteiger partial charge in [0, 0.05) is 6.42 Å². The Morgan fingerprint density at radius 2 is 1.94 bits per heavy atom. The van der Waals surface area contributed by atoms with E-state index in [9.17, 15) is 14.0 Å². The van der Waals surface area contributed by atoms with Gasteiger partial charge in [-0.15, -0.1) is 0 Å². The Bertz CT molecular complexity index is 388. The van der Waals surface area contributed by atoms with E-state index in [4.69, 9.17) is 0 Å². The number of rotatable bonds is 5. The zero-order valence-corrected chi connectivity index (χ0v) is 9.03. The first kappa shape index (κ1) is 12.4. The fraction of sp³-hybridized carbons (Fsp3) is 0.333. The number of carbonyl (C=O) groups is 2. The zero-order valence-electron chi connectivity index (χ0n) is 9.03. The topological polar surface area (TPSA) is 43.4 Å². The van der Waals surface area contributed by atoms with Gasteiger partial charge < -0.3 is 4.74 Å². The Morgan fingerprint density at radius 3 is 2.56 bits per heavy atom. The Morgan fingerprint density at radius 1 is 1.25 bits per heavy atom. The summed E-state index contributed by atoms with van der Waals surface area (Å²) in [5.74, 6) is -1.38. The molecule has 16 heavy (non-hydrogen) atoms. The molecule has 1 aromatic carbocycles. The molecule has 0 aromatic heterocycles. The highest BCUT2D eigenvalue weighted by Crippen LogP contribution is 2.10. The van der Waals surface area contributed by atoms with Gasteiger partial charge >= 0.3 is 5.97 Å². The summed E-state index contributed by atoms with van der Waals surface area (Å²) in [5, 5.41) is 0. The highest BCUT2D eigenvalue weighted by molar-refractivity contribution is 5.97. The average molecular weight is 224 g/mol. The molecule has 0 amide bonds. The van der Waals surface area contributed by atoms with Crippen molar-refractivity contribution in [2.75, 3.05) is 6.61 Å². The van der Waals surface area contributed by atoms with Crippen LogP contribution in [-0.4, -0.2) is 18.4 Å². The summed E-state index contributed by atoms with van der Waals surface area (Å²) in [4.78, 5) is 22.5. The summed E-state index contributed by atoms with van der Waals surface area (Å²) >= 11 is 0. The van der Waals surface area contributed by atoms with Gasteiger partial charge in [0.25, 0.3) is 0 Å². The van der Waals surface area contributed by atoms with Crippen molar-refractivity contribution in [2.45, 2.75) is 19.8 Å². The largest absolute Gasteiger partial charge is 0.466 e. The molecule has 0 atom stereocenters. The molecular weight excluding hydrogens is 211 g/mol. The van der Waals surface area contributed by atoms with Crippen LogP contribution in [-0.2, 0) is 9.53 Å². The third kappa shape index (κ3) is 3.46. The number of ketones is 1. The predicted molar refractivity (Wildman–Crippen MR) is 56.6 cm³/mol. The SMILES string of the molecule is CCOC(=O)CCC(=O)c1ccccc1F. The van der Waals surface area contributed by atoms with E-state index in [1.54, 1.807) is 13.0 Å². The van der Waals surface area contributed by atoms with Crippen molar-refractivity contribution in [2.24, 2.45) is 0 Å². The van der Waals surface area contributed by atoms with E-state index >= 15 is 0 Å². The van der Waals surface area contributed by atoms with Crippen LogP contribution in [0.3, 0.4) is 0 Å². The molecule has 1 aromatic rings. The maximum atomic E-state index is 13.2. The molecule has 0 aliphatic carbocycles. The fourth-order valence-electron chi connectivity index (χ4n) is 1.27. The van der Waals surface area contributed by atoms with Crippen molar-refractivity contribution in [1.29, 1.82) is 0 Å². The zero-order chi connectivity index (χ0) is 12.0. The summed E-state index contributed by atoms with van der Waals surface area (Å²) in [5.41, 5.74) is 0.0202. The monoisotopic (exact) mass is 224 g/mol. The van der Waals surface area contributed by atoms with Crippen LogP contribution in [0.15, 0.2) is 24.3 Å². The summed E-state index contributed by atoms with van der Waals surface area (Å²) in [6.07, 6.45) is -0.0409. The fourth-order valence-corrected chi connectivity index (χ4v) is 1.27. The molecule has 3 nitrogen and oxygen atoms in total. The second-order valence-electron chi connectivity index (χ2n) is 3.21. The molecule has 4 heteroatoms.